The summed E-state index contributed by atoms with van der Waals surface area (Å²) >= 11 is 6.26. The van der Waals surface area contributed by atoms with Gasteiger partial charge in [-0.15, -0.1) is 0 Å². The van der Waals surface area contributed by atoms with Crippen LogP contribution in [-0.4, -0.2) is 45.2 Å². The molecule has 0 aliphatic rings. The van der Waals surface area contributed by atoms with Crippen molar-refractivity contribution >= 4 is 46.5 Å². The zero-order valence-corrected chi connectivity index (χ0v) is 18.0. The third-order valence-electron chi connectivity index (χ3n) is 4.07. The van der Waals surface area contributed by atoms with Crippen molar-refractivity contribution in [2.75, 3.05) is 23.0 Å². The highest BCUT2D eigenvalue weighted by molar-refractivity contribution is 6.32. The van der Waals surface area contributed by atoms with E-state index in [0.717, 1.165) is 11.3 Å². The highest BCUT2D eigenvalue weighted by Gasteiger charge is 2.38. The van der Waals surface area contributed by atoms with Crippen LogP contribution in [0.5, 0.6) is 0 Å². The number of nitrogens with two attached hydrogens (primary N) is 1. The zero-order valence-electron chi connectivity index (χ0n) is 17.3. The Kier molecular flexibility index (Phi) is 8.13. The minimum Gasteiger partial charge on any atom is -0.475 e. The number of nitrogen functional groups attached to an aromatic ring is 1. The van der Waals surface area contributed by atoms with E-state index in [9.17, 15) is 18.0 Å². The van der Waals surface area contributed by atoms with Crippen LogP contribution >= 0.6 is 11.6 Å². The van der Waals surface area contributed by atoms with E-state index in [2.05, 4.69) is 20.3 Å². The molecule has 0 atom stereocenters. The predicted octanol–water partition coefficient (Wildman–Crippen LogP) is 4.07. The minimum absolute atomic E-state index is 0.00813. The number of pyridine rings is 1. The van der Waals surface area contributed by atoms with Gasteiger partial charge in [0.25, 0.3) is 5.91 Å². The number of carbonyl (C=O) groups excluding carboxylic acids is 1. The number of para-hydroxylation sites is 1. The Hall–Kier alpha value is -3.93. The fourth-order valence-electron chi connectivity index (χ4n) is 2.35. The Bertz CT molecular complexity index is 1150. The van der Waals surface area contributed by atoms with E-state index in [1.807, 2.05) is 37.3 Å². The second-order valence-corrected chi connectivity index (χ2v) is 6.77. The highest BCUT2D eigenvalue weighted by Crippen LogP contribution is 2.29. The van der Waals surface area contributed by atoms with Gasteiger partial charge in [-0.2, -0.15) is 13.2 Å². The molecule has 2 heterocycles. The van der Waals surface area contributed by atoms with E-state index in [4.69, 9.17) is 27.2 Å². The number of carbonyl (C=O) groups is 2. The van der Waals surface area contributed by atoms with Crippen LogP contribution in [-0.2, 0) is 4.79 Å². The molecule has 3 aromatic rings. The fraction of sp³-hybridized carbons (Fsp3) is 0.150. The van der Waals surface area contributed by atoms with Crippen molar-refractivity contribution in [1.82, 2.24) is 15.0 Å². The van der Waals surface area contributed by atoms with E-state index in [1.165, 1.54) is 0 Å². The standard InChI is InChI=1S/C18H17ClN6O.C2HF3O2/c1-11-8-9-21-10-13(11)22-18(26)14-16(20)24-17(15(19)23-14)25(2)12-6-4-3-5-7-12;3-2(4,5)1(6)7/h3-10H,1-2H3,(H2,20,24)(H,22,26);(H,6,7). The van der Waals surface area contributed by atoms with Crippen molar-refractivity contribution in [1.29, 1.82) is 0 Å². The highest BCUT2D eigenvalue weighted by atomic mass is 35.5. The maximum atomic E-state index is 12.5. The molecule has 0 saturated heterocycles. The number of nitrogens with one attached hydrogen (secondary N) is 1. The molecule has 0 radical (unpaired) electrons. The van der Waals surface area contributed by atoms with E-state index in [1.54, 1.807) is 30.4 Å². The first kappa shape index (κ1) is 25.3. The number of aliphatic carboxylic acids is 1. The quantitative estimate of drug-likeness (QED) is 0.506. The molecule has 0 aliphatic heterocycles. The number of aromatic nitrogens is 3. The van der Waals surface area contributed by atoms with Crippen molar-refractivity contribution < 1.29 is 27.9 Å². The molecule has 33 heavy (non-hydrogen) atoms. The number of halogens is 4. The number of aryl methyl sites for hydroxylation is 1. The number of hydrogen-bond acceptors (Lipinski definition) is 7. The molecule has 0 aliphatic carbocycles. The number of carboxylic acids is 1. The van der Waals surface area contributed by atoms with Crippen molar-refractivity contribution in [3.05, 3.63) is 65.2 Å². The molecule has 174 valence electrons. The number of hydrogen-bond donors (Lipinski definition) is 3. The second kappa shape index (κ2) is 10.6. The molecule has 9 nitrogen and oxygen atoms in total. The Morgan fingerprint density at radius 1 is 1.15 bits per heavy atom. The molecule has 3 rings (SSSR count). The maximum absolute atomic E-state index is 12.5. The Labute approximate surface area is 191 Å². The normalized spacial score (nSPS) is 10.6. The first-order valence-electron chi connectivity index (χ1n) is 9.05. The minimum atomic E-state index is -5.08. The monoisotopic (exact) mass is 482 g/mol. The molecule has 0 fully saturated rings. The van der Waals surface area contributed by atoms with Gasteiger partial charge in [0.15, 0.2) is 22.5 Å². The molecular weight excluding hydrogens is 465 g/mol. The summed E-state index contributed by atoms with van der Waals surface area (Å²) in [6.07, 6.45) is -1.89. The van der Waals surface area contributed by atoms with Gasteiger partial charge in [0.1, 0.15) is 0 Å². The SMILES string of the molecule is Cc1ccncc1NC(=O)c1nc(Cl)c(N(C)c2ccccc2)nc1N.O=C(O)C(F)(F)F. The van der Waals surface area contributed by atoms with Crippen LogP contribution in [0.25, 0.3) is 0 Å². The van der Waals surface area contributed by atoms with Gasteiger partial charge >= 0.3 is 12.1 Å². The van der Waals surface area contributed by atoms with Crippen LogP contribution in [0, 0.1) is 6.92 Å². The summed E-state index contributed by atoms with van der Waals surface area (Å²) in [4.78, 5) is 35.5. The van der Waals surface area contributed by atoms with Gasteiger partial charge in [0, 0.05) is 18.9 Å². The molecule has 0 saturated carbocycles. The van der Waals surface area contributed by atoms with Gasteiger partial charge in [0.2, 0.25) is 0 Å². The Balaban J connectivity index is 0.000000479. The number of amides is 1. The van der Waals surface area contributed by atoms with E-state index >= 15 is 0 Å². The molecule has 0 spiro atoms. The largest absolute Gasteiger partial charge is 0.490 e. The summed E-state index contributed by atoms with van der Waals surface area (Å²) < 4.78 is 31.7. The number of anilines is 4. The summed E-state index contributed by atoms with van der Waals surface area (Å²) in [5.74, 6) is -2.90. The summed E-state index contributed by atoms with van der Waals surface area (Å²) in [5.41, 5.74) is 8.23. The van der Waals surface area contributed by atoms with Gasteiger partial charge in [-0.05, 0) is 30.7 Å². The van der Waals surface area contributed by atoms with Crippen molar-refractivity contribution in [2.24, 2.45) is 0 Å². The van der Waals surface area contributed by atoms with Crippen LogP contribution in [0.1, 0.15) is 16.1 Å². The number of nitrogens with zero attached hydrogens (tertiary/aromatic N) is 4. The van der Waals surface area contributed by atoms with E-state index in [0.29, 0.717) is 11.5 Å². The molecule has 2 aromatic heterocycles. The predicted molar refractivity (Wildman–Crippen MR) is 117 cm³/mol. The van der Waals surface area contributed by atoms with Crippen molar-refractivity contribution in [3.63, 3.8) is 0 Å². The summed E-state index contributed by atoms with van der Waals surface area (Å²) in [7, 11) is 1.80. The maximum Gasteiger partial charge on any atom is 0.490 e. The summed E-state index contributed by atoms with van der Waals surface area (Å²) in [6, 6.07) is 11.3. The lowest BCUT2D eigenvalue weighted by Gasteiger charge is -2.20. The lowest BCUT2D eigenvalue weighted by atomic mass is 10.2. The smallest absolute Gasteiger partial charge is 0.475 e. The van der Waals surface area contributed by atoms with Crippen LogP contribution < -0.4 is 16.0 Å². The van der Waals surface area contributed by atoms with Gasteiger partial charge in [0.05, 0.1) is 11.9 Å². The molecule has 0 unspecified atom stereocenters. The summed E-state index contributed by atoms with van der Waals surface area (Å²) in [5, 5.41) is 9.93. The molecular formula is C20H18ClF3N6O3. The number of alkyl halides is 3. The van der Waals surface area contributed by atoms with Gasteiger partial charge in [-0.1, -0.05) is 29.8 Å². The molecule has 4 N–H and O–H groups in total. The average molecular weight is 483 g/mol. The van der Waals surface area contributed by atoms with Gasteiger partial charge < -0.3 is 21.1 Å². The van der Waals surface area contributed by atoms with E-state index in [-0.39, 0.29) is 16.7 Å². The molecule has 13 heteroatoms. The molecule has 0 bridgehead atoms. The third kappa shape index (κ3) is 6.77. The van der Waals surface area contributed by atoms with Gasteiger partial charge in [-0.25, -0.2) is 14.8 Å². The number of benzene rings is 1. The van der Waals surface area contributed by atoms with Crippen molar-refractivity contribution in [3.8, 4) is 0 Å². The average Bonchev–Trinajstić information content (AvgIpc) is 2.76. The van der Waals surface area contributed by atoms with Crippen LogP contribution in [0.4, 0.5) is 36.2 Å². The second-order valence-electron chi connectivity index (χ2n) is 6.41. The first-order valence-corrected chi connectivity index (χ1v) is 9.43. The van der Waals surface area contributed by atoms with Crippen LogP contribution in [0.15, 0.2) is 48.8 Å². The Morgan fingerprint density at radius 2 is 1.76 bits per heavy atom. The lowest BCUT2D eigenvalue weighted by molar-refractivity contribution is -0.192. The van der Waals surface area contributed by atoms with Crippen molar-refractivity contribution in [2.45, 2.75) is 13.1 Å². The fourth-order valence-corrected chi connectivity index (χ4v) is 2.60. The Morgan fingerprint density at radius 3 is 2.30 bits per heavy atom. The number of carboxylic acid groups (broad SMARTS) is 1. The van der Waals surface area contributed by atoms with Gasteiger partial charge in [-0.3, -0.25) is 9.78 Å². The lowest BCUT2D eigenvalue weighted by Crippen LogP contribution is -2.21. The van der Waals surface area contributed by atoms with E-state index < -0.39 is 18.1 Å². The first-order chi connectivity index (χ1) is 15.4. The molecule has 1 amide bonds. The topological polar surface area (TPSA) is 134 Å². The summed E-state index contributed by atoms with van der Waals surface area (Å²) in [6.45, 7) is 1.86. The zero-order chi connectivity index (χ0) is 24.8. The number of rotatable bonds is 4. The molecule has 1 aromatic carbocycles. The van der Waals surface area contributed by atoms with Crippen LogP contribution in [0.3, 0.4) is 0 Å². The third-order valence-corrected chi connectivity index (χ3v) is 4.32. The van der Waals surface area contributed by atoms with Crippen LogP contribution in [0.2, 0.25) is 5.15 Å².